The van der Waals surface area contributed by atoms with Crippen molar-refractivity contribution in [2.75, 3.05) is 24.3 Å². The van der Waals surface area contributed by atoms with Crippen LogP contribution in [0.4, 0.5) is 11.4 Å². The van der Waals surface area contributed by atoms with Gasteiger partial charge in [-0.15, -0.1) is 0 Å². The molecule has 1 aromatic carbocycles. The topological polar surface area (TPSA) is 74.3 Å². The lowest BCUT2D eigenvalue weighted by Crippen LogP contribution is -2.32. The predicted octanol–water partition coefficient (Wildman–Crippen LogP) is 3.07. The van der Waals surface area contributed by atoms with Gasteiger partial charge >= 0.3 is 0 Å². The molecule has 0 unspecified atom stereocenters. The van der Waals surface area contributed by atoms with Crippen LogP contribution >= 0.6 is 0 Å². The largest absolute Gasteiger partial charge is 0.378 e. The Morgan fingerprint density at radius 2 is 1.62 bits per heavy atom. The van der Waals surface area contributed by atoms with Crippen LogP contribution < -0.4 is 15.5 Å². The van der Waals surface area contributed by atoms with Crippen molar-refractivity contribution in [3.63, 3.8) is 0 Å². The third-order valence-electron chi connectivity index (χ3n) is 4.59. The van der Waals surface area contributed by atoms with E-state index in [1.807, 2.05) is 43.3 Å². The molecule has 1 aliphatic carbocycles. The van der Waals surface area contributed by atoms with Crippen molar-refractivity contribution in [2.24, 2.45) is 0 Å². The highest BCUT2D eigenvalue weighted by Crippen LogP contribution is 2.19. The maximum Gasteiger partial charge on any atom is 0.257 e. The Balaban J connectivity index is 1.66. The fraction of sp³-hybridized carbons (Fsp3) is 0.350. The molecule has 26 heavy (non-hydrogen) atoms. The average molecular weight is 352 g/mol. The van der Waals surface area contributed by atoms with Crippen LogP contribution in [0.2, 0.25) is 0 Å². The number of rotatable bonds is 5. The third kappa shape index (κ3) is 4.39. The van der Waals surface area contributed by atoms with Crippen LogP contribution in [0.1, 0.15) is 46.4 Å². The fourth-order valence-corrected chi connectivity index (χ4v) is 3.07. The van der Waals surface area contributed by atoms with E-state index in [0.29, 0.717) is 16.8 Å². The van der Waals surface area contributed by atoms with Crippen LogP contribution in [0.15, 0.2) is 42.7 Å². The summed E-state index contributed by atoms with van der Waals surface area (Å²) in [5.41, 5.74) is 2.52. The molecule has 1 heterocycles. The van der Waals surface area contributed by atoms with Gasteiger partial charge in [0, 0.05) is 43.9 Å². The molecule has 0 radical (unpaired) electrons. The number of amides is 2. The number of carbonyl (C=O) groups is 2. The second-order valence-electron chi connectivity index (χ2n) is 6.81. The monoisotopic (exact) mass is 352 g/mol. The molecule has 2 amide bonds. The second kappa shape index (κ2) is 7.99. The lowest BCUT2D eigenvalue weighted by molar-refractivity contribution is 0.0937. The van der Waals surface area contributed by atoms with Gasteiger partial charge in [0.05, 0.1) is 11.1 Å². The Morgan fingerprint density at radius 1 is 1.00 bits per heavy atom. The number of nitrogens with zero attached hydrogens (tertiary/aromatic N) is 2. The minimum atomic E-state index is -0.286. The predicted molar refractivity (Wildman–Crippen MR) is 103 cm³/mol. The molecular formula is C20H24N4O2. The molecule has 6 nitrogen and oxygen atoms in total. The summed E-state index contributed by atoms with van der Waals surface area (Å²) in [6.07, 6.45) is 7.30. The molecule has 2 aromatic rings. The van der Waals surface area contributed by atoms with Crippen molar-refractivity contribution in [3.8, 4) is 0 Å². The molecule has 0 atom stereocenters. The lowest BCUT2D eigenvalue weighted by Gasteiger charge is -2.13. The summed E-state index contributed by atoms with van der Waals surface area (Å²) in [5.74, 6) is -0.458. The molecule has 6 heteroatoms. The summed E-state index contributed by atoms with van der Waals surface area (Å²) >= 11 is 0. The molecule has 3 rings (SSSR count). The first kappa shape index (κ1) is 17.9. The Kier molecular flexibility index (Phi) is 5.51. The van der Waals surface area contributed by atoms with E-state index in [2.05, 4.69) is 15.6 Å². The van der Waals surface area contributed by atoms with Crippen LogP contribution in [0.5, 0.6) is 0 Å². The van der Waals surface area contributed by atoms with Gasteiger partial charge in [0.25, 0.3) is 11.8 Å². The van der Waals surface area contributed by atoms with Gasteiger partial charge in [-0.1, -0.05) is 12.8 Å². The molecular weight excluding hydrogens is 328 g/mol. The van der Waals surface area contributed by atoms with Crippen LogP contribution in [-0.4, -0.2) is 36.9 Å². The number of benzene rings is 1. The Labute approximate surface area is 153 Å². The molecule has 0 spiro atoms. The van der Waals surface area contributed by atoms with Crippen molar-refractivity contribution >= 4 is 23.2 Å². The summed E-state index contributed by atoms with van der Waals surface area (Å²) in [6.45, 7) is 0. The first-order chi connectivity index (χ1) is 12.5. The maximum atomic E-state index is 12.5. The highest BCUT2D eigenvalue weighted by Gasteiger charge is 2.19. The highest BCUT2D eigenvalue weighted by atomic mass is 16.2. The van der Waals surface area contributed by atoms with E-state index in [1.54, 1.807) is 6.07 Å². The summed E-state index contributed by atoms with van der Waals surface area (Å²) < 4.78 is 0. The summed E-state index contributed by atoms with van der Waals surface area (Å²) in [5, 5.41) is 5.85. The van der Waals surface area contributed by atoms with Crippen molar-refractivity contribution in [2.45, 2.75) is 31.7 Å². The minimum absolute atomic E-state index is 0.172. The maximum absolute atomic E-state index is 12.5. The number of anilines is 2. The molecule has 0 saturated heterocycles. The first-order valence-corrected chi connectivity index (χ1v) is 8.87. The smallest absolute Gasteiger partial charge is 0.257 e. The standard InChI is InChI=1S/C20H24N4O2/c1-24(2)18-9-7-17(8-10-18)23-20(26)15-11-14(12-21-13-15)19(25)22-16-5-3-4-6-16/h7-13,16H,3-6H2,1-2H3,(H,22,25)(H,23,26). The molecule has 1 aromatic heterocycles. The van der Waals surface area contributed by atoms with E-state index < -0.39 is 0 Å². The van der Waals surface area contributed by atoms with Crippen LogP contribution in [-0.2, 0) is 0 Å². The second-order valence-corrected chi connectivity index (χ2v) is 6.81. The Hall–Kier alpha value is -2.89. The molecule has 2 N–H and O–H groups in total. The van der Waals surface area contributed by atoms with Crippen LogP contribution in [0, 0.1) is 0 Å². The van der Waals surface area contributed by atoms with Crippen molar-refractivity contribution in [1.82, 2.24) is 10.3 Å². The Morgan fingerprint density at radius 3 is 2.23 bits per heavy atom. The molecule has 1 aliphatic rings. The van der Waals surface area contributed by atoms with Gasteiger partial charge in [-0.25, -0.2) is 0 Å². The zero-order chi connectivity index (χ0) is 18.5. The molecule has 0 bridgehead atoms. The van der Waals surface area contributed by atoms with E-state index >= 15 is 0 Å². The molecule has 1 fully saturated rings. The van der Waals surface area contributed by atoms with E-state index in [0.717, 1.165) is 31.4 Å². The van der Waals surface area contributed by atoms with E-state index in [4.69, 9.17) is 0 Å². The average Bonchev–Trinajstić information content (AvgIpc) is 3.15. The van der Waals surface area contributed by atoms with Crippen LogP contribution in [0.3, 0.4) is 0 Å². The first-order valence-electron chi connectivity index (χ1n) is 8.87. The summed E-state index contributed by atoms with van der Waals surface area (Å²) in [7, 11) is 3.92. The number of hydrogen-bond acceptors (Lipinski definition) is 4. The van der Waals surface area contributed by atoms with Gasteiger partial charge in [0.1, 0.15) is 0 Å². The van der Waals surface area contributed by atoms with Gasteiger partial charge in [-0.05, 0) is 43.2 Å². The summed E-state index contributed by atoms with van der Waals surface area (Å²) in [6, 6.07) is 9.36. The van der Waals surface area contributed by atoms with Gasteiger partial charge in [-0.3, -0.25) is 14.6 Å². The zero-order valence-corrected chi connectivity index (χ0v) is 15.2. The third-order valence-corrected chi connectivity index (χ3v) is 4.59. The minimum Gasteiger partial charge on any atom is -0.378 e. The molecule has 0 aliphatic heterocycles. The summed E-state index contributed by atoms with van der Waals surface area (Å²) in [4.78, 5) is 30.8. The normalized spacial score (nSPS) is 14.1. The van der Waals surface area contributed by atoms with Gasteiger partial charge in [0.2, 0.25) is 0 Å². The fourth-order valence-electron chi connectivity index (χ4n) is 3.07. The van der Waals surface area contributed by atoms with Gasteiger partial charge < -0.3 is 15.5 Å². The number of hydrogen-bond donors (Lipinski definition) is 2. The number of nitrogens with one attached hydrogen (secondary N) is 2. The molecule has 1 saturated carbocycles. The molecule has 136 valence electrons. The van der Waals surface area contributed by atoms with E-state index in [9.17, 15) is 9.59 Å². The van der Waals surface area contributed by atoms with Crippen LogP contribution in [0.25, 0.3) is 0 Å². The highest BCUT2D eigenvalue weighted by molar-refractivity contribution is 6.05. The lowest BCUT2D eigenvalue weighted by atomic mass is 10.1. The number of carbonyl (C=O) groups excluding carboxylic acids is 2. The number of aromatic nitrogens is 1. The quantitative estimate of drug-likeness (QED) is 0.867. The van der Waals surface area contributed by atoms with Crippen molar-refractivity contribution < 1.29 is 9.59 Å². The SMILES string of the molecule is CN(C)c1ccc(NC(=O)c2cncc(C(=O)NC3CCCC3)c2)cc1. The van der Waals surface area contributed by atoms with Gasteiger partial charge in [-0.2, -0.15) is 0 Å². The zero-order valence-electron chi connectivity index (χ0n) is 15.2. The van der Waals surface area contributed by atoms with E-state index in [1.165, 1.54) is 12.4 Å². The van der Waals surface area contributed by atoms with Gasteiger partial charge in [0.15, 0.2) is 0 Å². The van der Waals surface area contributed by atoms with Crippen molar-refractivity contribution in [3.05, 3.63) is 53.9 Å². The Bertz CT molecular complexity index is 781. The number of pyridine rings is 1. The van der Waals surface area contributed by atoms with Crippen molar-refractivity contribution in [1.29, 1.82) is 0 Å². The van der Waals surface area contributed by atoms with E-state index in [-0.39, 0.29) is 17.9 Å².